The van der Waals surface area contributed by atoms with Gasteiger partial charge in [0.15, 0.2) is 5.11 Å². The number of furan rings is 1. The summed E-state index contributed by atoms with van der Waals surface area (Å²) in [5, 5.41) is 3.99. The zero-order valence-corrected chi connectivity index (χ0v) is 11.2. The first kappa shape index (κ1) is 13.0. The van der Waals surface area contributed by atoms with E-state index in [1.165, 1.54) is 0 Å². The number of thiocarbonyl (C=S) groups is 1. The number of hydrogen-bond acceptors (Lipinski definition) is 2. The molecule has 0 saturated carbocycles. The third kappa shape index (κ3) is 4.23. The van der Waals surface area contributed by atoms with Crippen LogP contribution in [0.4, 0.5) is 0 Å². The predicted octanol–water partition coefficient (Wildman–Crippen LogP) is 2.55. The quantitative estimate of drug-likeness (QED) is 0.819. The molecule has 0 aliphatic carbocycles. The molecule has 0 aliphatic heterocycles. The first-order chi connectivity index (χ1) is 7.49. The fourth-order valence-corrected chi connectivity index (χ4v) is 1.45. The van der Waals surface area contributed by atoms with Crippen LogP contribution in [0, 0.1) is 12.8 Å². The molecule has 16 heavy (non-hydrogen) atoms. The minimum absolute atomic E-state index is 0.595. The van der Waals surface area contributed by atoms with Gasteiger partial charge < -0.3 is 14.6 Å². The molecule has 1 aromatic heterocycles. The van der Waals surface area contributed by atoms with E-state index in [0.717, 1.165) is 23.2 Å². The third-order valence-electron chi connectivity index (χ3n) is 2.20. The van der Waals surface area contributed by atoms with E-state index in [9.17, 15) is 0 Å². The van der Waals surface area contributed by atoms with Gasteiger partial charge >= 0.3 is 0 Å². The van der Waals surface area contributed by atoms with E-state index in [2.05, 4.69) is 19.2 Å². The van der Waals surface area contributed by atoms with Gasteiger partial charge in [-0.3, -0.25) is 0 Å². The lowest BCUT2D eigenvalue weighted by atomic mass is 10.2. The van der Waals surface area contributed by atoms with E-state index in [1.807, 2.05) is 31.0 Å². The predicted molar refractivity (Wildman–Crippen MR) is 70.4 cm³/mol. The summed E-state index contributed by atoms with van der Waals surface area (Å²) in [4.78, 5) is 1.98. The summed E-state index contributed by atoms with van der Waals surface area (Å²) in [5.74, 6) is 2.47. The highest BCUT2D eigenvalue weighted by Crippen LogP contribution is 2.08. The summed E-state index contributed by atoms with van der Waals surface area (Å²) in [6, 6.07) is 3.95. The van der Waals surface area contributed by atoms with E-state index in [0.29, 0.717) is 12.5 Å². The van der Waals surface area contributed by atoms with Gasteiger partial charge in [0.05, 0.1) is 6.54 Å². The SMILES string of the molecule is Cc1ccc(CN(C)C(=S)NCC(C)C)o1. The molecule has 0 spiro atoms. The summed E-state index contributed by atoms with van der Waals surface area (Å²) >= 11 is 5.27. The lowest BCUT2D eigenvalue weighted by molar-refractivity contribution is 0.394. The molecule has 0 unspecified atom stereocenters. The van der Waals surface area contributed by atoms with Crippen LogP contribution in [-0.4, -0.2) is 23.6 Å². The zero-order chi connectivity index (χ0) is 12.1. The number of rotatable bonds is 4. The Kier molecular flexibility index (Phi) is 4.80. The Morgan fingerprint density at radius 3 is 2.69 bits per heavy atom. The Labute approximate surface area is 103 Å². The molecular formula is C12H20N2OS. The molecule has 0 fully saturated rings. The van der Waals surface area contributed by atoms with Gasteiger partial charge in [0, 0.05) is 13.6 Å². The molecule has 0 bridgehead atoms. The van der Waals surface area contributed by atoms with Gasteiger partial charge in [-0.05, 0) is 37.2 Å². The summed E-state index contributed by atoms with van der Waals surface area (Å²) in [5.41, 5.74) is 0. The fraction of sp³-hybridized carbons (Fsp3) is 0.583. The summed E-state index contributed by atoms with van der Waals surface area (Å²) in [6.07, 6.45) is 0. The Morgan fingerprint density at radius 2 is 2.19 bits per heavy atom. The summed E-state index contributed by atoms with van der Waals surface area (Å²) in [6.45, 7) is 7.87. The molecule has 90 valence electrons. The molecule has 4 heteroatoms. The van der Waals surface area contributed by atoms with E-state index in [1.54, 1.807) is 0 Å². The average Bonchev–Trinajstić information content (AvgIpc) is 2.60. The number of nitrogens with zero attached hydrogens (tertiary/aromatic N) is 1. The number of hydrogen-bond donors (Lipinski definition) is 1. The Hall–Kier alpha value is -1.03. The van der Waals surface area contributed by atoms with Crippen molar-refractivity contribution in [1.29, 1.82) is 0 Å². The van der Waals surface area contributed by atoms with Crippen LogP contribution in [-0.2, 0) is 6.54 Å². The first-order valence-electron chi connectivity index (χ1n) is 5.53. The van der Waals surface area contributed by atoms with Gasteiger partial charge in [0.2, 0.25) is 0 Å². The lowest BCUT2D eigenvalue weighted by Crippen LogP contribution is -2.38. The summed E-state index contributed by atoms with van der Waals surface area (Å²) < 4.78 is 5.50. The number of aryl methyl sites for hydroxylation is 1. The van der Waals surface area contributed by atoms with Crippen molar-refractivity contribution in [2.45, 2.75) is 27.3 Å². The molecule has 3 nitrogen and oxygen atoms in total. The van der Waals surface area contributed by atoms with E-state index in [4.69, 9.17) is 16.6 Å². The van der Waals surface area contributed by atoms with Crippen LogP contribution in [0.15, 0.2) is 16.5 Å². The van der Waals surface area contributed by atoms with Crippen LogP contribution in [0.1, 0.15) is 25.4 Å². The van der Waals surface area contributed by atoms with Crippen molar-refractivity contribution in [3.63, 3.8) is 0 Å². The maximum Gasteiger partial charge on any atom is 0.169 e. The average molecular weight is 240 g/mol. The molecule has 1 aromatic rings. The second kappa shape index (κ2) is 5.89. The smallest absolute Gasteiger partial charge is 0.169 e. The molecule has 1 rings (SSSR count). The maximum atomic E-state index is 5.50. The van der Waals surface area contributed by atoms with Crippen molar-refractivity contribution in [3.8, 4) is 0 Å². The van der Waals surface area contributed by atoms with Crippen LogP contribution in [0.25, 0.3) is 0 Å². The first-order valence-corrected chi connectivity index (χ1v) is 5.94. The minimum atomic E-state index is 0.595. The van der Waals surface area contributed by atoms with Crippen LogP contribution < -0.4 is 5.32 Å². The fourth-order valence-electron chi connectivity index (χ4n) is 1.30. The molecule has 0 atom stereocenters. The molecule has 0 saturated heterocycles. The van der Waals surface area contributed by atoms with Gasteiger partial charge in [-0.2, -0.15) is 0 Å². The van der Waals surface area contributed by atoms with Gasteiger partial charge in [0.25, 0.3) is 0 Å². The highest BCUT2D eigenvalue weighted by atomic mass is 32.1. The van der Waals surface area contributed by atoms with Gasteiger partial charge in [-0.1, -0.05) is 13.8 Å². The molecule has 1 N–H and O–H groups in total. The van der Waals surface area contributed by atoms with Gasteiger partial charge in [0.1, 0.15) is 11.5 Å². The zero-order valence-electron chi connectivity index (χ0n) is 10.4. The monoisotopic (exact) mass is 240 g/mol. The molecule has 1 heterocycles. The van der Waals surface area contributed by atoms with Crippen LogP contribution in [0.3, 0.4) is 0 Å². The number of nitrogens with one attached hydrogen (secondary N) is 1. The van der Waals surface area contributed by atoms with Gasteiger partial charge in [-0.15, -0.1) is 0 Å². The van der Waals surface area contributed by atoms with Crippen LogP contribution >= 0.6 is 12.2 Å². The Bertz CT molecular complexity index is 347. The maximum absolute atomic E-state index is 5.50. The molecule has 0 aromatic carbocycles. The van der Waals surface area contributed by atoms with Gasteiger partial charge in [-0.25, -0.2) is 0 Å². The second-order valence-corrected chi connectivity index (χ2v) is 4.84. The molecular weight excluding hydrogens is 220 g/mol. The van der Waals surface area contributed by atoms with Crippen molar-refractivity contribution in [2.24, 2.45) is 5.92 Å². The highest BCUT2D eigenvalue weighted by Gasteiger charge is 2.07. The largest absolute Gasteiger partial charge is 0.464 e. The van der Waals surface area contributed by atoms with Crippen molar-refractivity contribution < 1.29 is 4.42 Å². The highest BCUT2D eigenvalue weighted by molar-refractivity contribution is 7.80. The molecule has 0 amide bonds. The van der Waals surface area contributed by atoms with E-state index >= 15 is 0 Å². The second-order valence-electron chi connectivity index (χ2n) is 4.45. The third-order valence-corrected chi connectivity index (χ3v) is 2.65. The standard InChI is InChI=1S/C12H20N2OS/c1-9(2)7-13-12(16)14(4)8-11-6-5-10(3)15-11/h5-6,9H,7-8H2,1-4H3,(H,13,16). The van der Waals surface area contributed by atoms with Crippen LogP contribution in [0.5, 0.6) is 0 Å². The normalized spacial score (nSPS) is 10.6. The van der Waals surface area contributed by atoms with Crippen molar-refractivity contribution in [1.82, 2.24) is 10.2 Å². The van der Waals surface area contributed by atoms with E-state index in [-0.39, 0.29) is 0 Å². The summed E-state index contributed by atoms with van der Waals surface area (Å²) in [7, 11) is 1.97. The van der Waals surface area contributed by atoms with Crippen molar-refractivity contribution in [3.05, 3.63) is 23.7 Å². The minimum Gasteiger partial charge on any atom is -0.464 e. The molecule has 0 radical (unpaired) electrons. The Morgan fingerprint density at radius 1 is 1.50 bits per heavy atom. The van der Waals surface area contributed by atoms with Crippen molar-refractivity contribution >= 4 is 17.3 Å². The Balaban J connectivity index is 2.39. The van der Waals surface area contributed by atoms with E-state index < -0.39 is 0 Å². The lowest BCUT2D eigenvalue weighted by Gasteiger charge is -2.20. The topological polar surface area (TPSA) is 28.4 Å². The van der Waals surface area contributed by atoms with Crippen LogP contribution in [0.2, 0.25) is 0 Å². The molecule has 0 aliphatic rings. The van der Waals surface area contributed by atoms with Crippen molar-refractivity contribution in [2.75, 3.05) is 13.6 Å².